The van der Waals surface area contributed by atoms with Crippen molar-refractivity contribution in [1.29, 1.82) is 0 Å². The van der Waals surface area contributed by atoms with E-state index in [1.165, 1.54) is 12.5 Å². The Kier molecular flexibility index (Phi) is 5.95. The van der Waals surface area contributed by atoms with Gasteiger partial charge in [0.15, 0.2) is 0 Å². The second-order valence-corrected chi connectivity index (χ2v) is 7.49. The standard InChI is InChI=1S/C18H29FN2O/c1-18(2,3)8-9-20-10-12-21(13-11-20)14-17(22)15-6-4-5-7-16(15)19/h4-7,17,22H,8-14H2,1-3H3. The van der Waals surface area contributed by atoms with Crippen molar-refractivity contribution in [2.45, 2.75) is 33.3 Å². The SMILES string of the molecule is CC(C)(C)CCN1CCN(CC(O)c2ccccc2F)CC1. The minimum atomic E-state index is -0.748. The van der Waals surface area contributed by atoms with E-state index in [2.05, 4.69) is 30.6 Å². The van der Waals surface area contributed by atoms with Crippen molar-refractivity contribution in [2.24, 2.45) is 5.41 Å². The number of halogens is 1. The molecule has 1 atom stereocenters. The predicted molar refractivity (Wildman–Crippen MR) is 88.3 cm³/mol. The number of aliphatic hydroxyl groups is 1. The molecule has 0 aromatic heterocycles. The number of piperazine rings is 1. The number of aliphatic hydroxyl groups excluding tert-OH is 1. The van der Waals surface area contributed by atoms with Gasteiger partial charge >= 0.3 is 0 Å². The molecular formula is C18H29FN2O. The molecule has 0 aliphatic carbocycles. The lowest BCUT2D eigenvalue weighted by atomic mass is 9.92. The van der Waals surface area contributed by atoms with Gasteiger partial charge in [-0.1, -0.05) is 39.0 Å². The molecule has 4 heteroatoms. The highest BCUT2D eigenvalue weighted by Crippen LogP contribution is 2.21. The smallest absolute Gasteiger partial charge is 0.129 e. The lowest BCUT2D eigenvalue weighted by Crippen LogP contribution is -2.48. The van der Waals surface area contributed by atoms with Crippen molar-refractivity contribution in [3.63, 3.8) is 0 Å². The molecule has 0 spiro atoms. The van der Waals surface area contributed by atoms with Crippen LogP contribution in [-0.2, 0) is 0 Å². The van der Waals surface area contributed by atoms with Crippen LogP contribution in [0, 0.1) is 11.2 Å². The third-order valence-corrected chi connectivity index (χ3v) is 4.34. The van der Waals surface area contributed by atoms with Crippen LogP contribution in [0.2, 0.25) is 0 Å². The first-order chi connectivity index (χ1) is 10.3. The predicted octanol–water partition coefficient (Wildman–Crippen LogP) is 2.91. The number of hydrogen-bond donors (Lipinski definition) is 1. The van der Waals surface area contributed by atoms with E-state index in [1.54, 1.807) is 18.2 Å². The zero-order valence-electron chi connectivity index (χ0n) is 14.1. The number of rotatable bonds is 5. The van der Waals surface area contributed by atoms with Gasteiger partial charge in [-0.3, -0.25) is 4.90 Å². The van der Waals surface area contributed by atoms with Crippen molar-refractivity contribution < 1.29 is 9.50 Å². The van der Waals surface area contributed by atoms with E-state index in [0.717, 1.165) is 32.7 Å². The fourth-order valence-electron chi connectivity index (χ4n) is 2.78. The van der Waals surface area contributed by atoms with Gasteiger partial charge in [-0.05, 0) is 24.4 Å². The Bertz CT molecular complexity index is 464. The normalized spacial score (nSPS) is 19.3. The van der Waals surface area contributed by atoms with E-state index in [4.69, 9.17) is 0 Å². The molecule has 1 aliphatic heterocycles. The Morgan fingerprint density at radius 1 is 1.09 bits per heavy atom. The second-order valence-electron chi connectivity index (χ2n) is 7.49. The van der Waals surface area contributed by atoms with Gasteiger partial charge in [0.2, 0.25) is 0 Å². The molecule has 1 heterocycles. The fourth-order valence-corrected chi connectivity index (χ4v) is 2.78. The lowest BCUT2D eigenvalue weighted by Gasteiger charge is -2.36. The Balaban J connectivity index is 1.77. The number of β-amino-alcohol motifs (C(OH)–C–C–N with tert-alkyl or cyclic N) is 1. The summed E-state index contributed by atoms with van der Waals surface area (Å²) in [5.41, 5.74) is 0.774. The minimum absolute atomic E-state index is 0.321. The zero-order chi connectivity index (χ0) is 16.2. The first-order valence-corrected chi connectivity index (χ1v) is 8.22. The maximum atomic E-state index is 13.7. The van der Waals surface area contributed by atoms with Crippen LogP contribution in [0.25, 0.3) is 0 Å². The van der Waals surface area contributed by atoms with Crippen LogP contribution in [0.4, 0.5) is 4.39 Å². The summed E-state index contributed by atoms with van der Waals surface area (Å²) in [6.45, 7) is 12.4. The highest BCUT2D eigenvalue weighted by Gasteiger charge is 2.22. The third kappa shape index (κ3) is 5.34. The third-order valence-electron chi connectivity index (χ3n) is 4.34. The molecule has 2 rings (SSSR count). The van der Waals surface area contributed by atoms with Gasteiger partial charge in [0, 0.05) is 38.3 Å². The maximum Gasteiger partial charge on any atom is 0.129 e. The summed E-state index contributed by atoms with van der Waals surface area (Å²) in [4.78, 5) is 4.71. The quantitative estimate of drug-likeness (QED) is 0.906. The Hall–Kier alpha value is -0.970. The molecule has 124 valence electrons. The highest BCUT2D eigenvalue weighted by atomic mass is 19.1. The van der Waals surface area contributed by atoms with Gasteiger partial charge in [-0.2, -0.15) is 0 Å². The summed E-state index contributed by atoms with van der Waals surface area (Å²) >= 11 is 0. The van der Waals surface area contributed by atoms with E-state index in [-0.39, 0.29) is 5.82 Å². The van der Waals surface area contributed by atoms with E-state index in [9.17, 15) is 9.50 Å². The second kappa shape index (κ2) is 7.53. The first-order valence-electron chi connectivity index (χ1n) is 8.22. The molecule has 1 aliphatic rings. The average molecular weight is 308 g/mol. The molecule has 1 saturated heterocycles. The topological polar surface area (TPSA) is 26.7 Å². The van der Waals surface area contributed by atoms with Crippen molar-refractivity contribution in [3.8, 4) is 0 Å². The van der Waals surface area contributed by atoms with Crippen LogP contribution in [0.5, 0.6) is 0 Å². The Morgan fingerprint density at radius 3 is 2.27 bits per heavy atom. The van der Waals surface area contributed by atoms with Crippen LogP contribution in [0.1, 0.15) is 38.9 Å². The molecular weight excluding hydrogens is 279 g/mol. The molecule has 1 unspecified atom stereocenters. The van der Waals surface area contributed by atoms with Crippen molar-refractivity contribution in [3.05, 3.63) is 35.6 Å². The maximum absolute atomic E-state index is 13.7. The van der Waals surface area contributed by atoms with E-state index in [0.29, 0.717) is 17.5 Å². The van der Waals surface area contributed by atoms with Crippen LogP contribution in [0.3, 0.4) is 0 Å². The van der Waals surface area contributed by atoms with Crippen LogP contribution >= 0.6 is 0 Å². The summed E-state index contributed by atoms with van der Waals surface area (Å²) in [5, 5.41) is 10.2. The summed E-state index contributed by atoms with van der Waals surface area (Å²) < 4.78 is 13.7. The summed E-state index contributed by atoms with van der Waals surface area (Å²) in [5.74, 6) is -0.321. The number of nitrogens with zero attached hydrogens (tertiary/aromatic N) is 2. The Labute approximate surface area is 133 Å². The first kappa shape index (κ1) is 17.4. The van der Waals surface area contributed by atoms with Gasteiger partial charge in [0.25, 0.3) is 0 Å². The molecule has 1 aromatic rings. The highest BCUT2D eigenvalue weighted by molar-refractivity contribution is 5.20. The number of benzene rings is 1. The molecule has 1 N–H and O–H groups in total. The van der Waals surface area contributed by atoms with E-state index < -0.39 is 6.10 Å². The van der Waals surface area contributed by atoms with Gasteiger partial charge in [0.05, 0.1) is 6.10 Å². The number of hydrogen-bond acceptors (Lipinski definition) is 3. The zero-order valence-corrected chi connectivity index (χ0v) is 14.1. The van der Waals surface area contributed by atoms with E-state index >= 15 is 0 Å². The molecule has 0 saturated carbocycles. The minimum Gasteiger partial charge on any atom is -0.387 e. The van der Waals surface area contributed by atoms with Crippen molar-refractivity contribution in [2.75, 3.05) is 39.3 Å². The van der Waals surface area contributed by atoms with Crippen LogP contribution in [-0.4, -0.2) is 54.2 Å². The van der Waals surface area contributed by atoms with Gasteiger partial charge < -0.3 is 10.0 Å². The molecule has 0 amide bonds. The van der Waals surface area contributed by atoms with Crippen LogP contribution < -0.4 is 0 Å². The molecule has 1 aromatic carbocycles. The largest absolute Gasteiger partial charge is 0.387 e. The molecule has 22 heavy (non-hydrogen) atoms. The monoisotopic (exact) mass is 308 g/mol. The van der Waals surface area contributed by atoms with Gasteiger partial charge in [-0.15, -0.1) is 0 Å². The summed E-state index contributed by atoms with van der Waals surface area (Å²) in [6.07, 6.45) is 0.451. The van der Waals surface area contributed by atoms with Crippen molar-refractivity contribution >= 4 is 0 Å². The molecule has 3 nitrogen and oxygen atoms in total. The molecule has 1 fully saturated rings. The average Bonchev–Trinajstić information content (AvgIpc) is 2.46. The van der Waals surface area contributed by atoms with Gasteiger partial charge in [-0.25, -0.2) is 4.39 Å². The fraction of sp³-hybridized carbons (Fsp3) is 0.667. The van der Waals surface area contributed by atoms with Crippen molar-refractivity contribution in [1.82, 2.24) is 9.80 Å². The Morgan fingerprint density at radius 2 is 1.68 bits per heavy atom. The molecule has 0 radical (unpaired) electrons. The van der Waals surface area contributed by atoms with Gasteiger partial charge in [0.1, 0.15) is 5.82 Å². The molecule has 0 bridgehead atoms. The van der Waals surface area contributed by atoms with Crippen LogP contribution in [0.15, 0.2) is 24.3 Å². The van der Waals surface area contributed by atoms with E-state index in [1.807, 2.05) is 0 Å². The lowest BCUT2D eigenvalue weighted by molar-refractivity contribution is 0.0674. The summed E-state index contributed by atoms with van der Waals surface area (Å²) in [7, 11) is 0. The summed E-state index contributed by atoms with van der Waals surface area (Å²) in [6, 6.07) is 6.49.